The van der Waals surface area contributed by atoms with Gasteiger partial charge < -0.3 is 10.1 Å². The maximum Gasteiger partial charge on any atom is 0.277 e. The summed E-state index contributed by atoms with van der Waals surface area (Å²) in [6, 6.07) is 16.6. The average Bonchev–Trinajstić information content (AvgIpc) is 2.76. The zero-order valence-electron chi connectivity index (χ0n) is 17.0. The van der Waals surface area contributed by atoms with Gasteiger partial charge in [-0.2, -0.15) is 3.71 Å². The number of ether oxygens (including phenoxy) is 1. The summed E-state index contributed by atoms with van der Waals surface area (Å²) in [5, 5.41) is 2.28. The first-order chi connectivity index (χ1) is 15.1. The van der Waals surface area contributed by atoms with E-state index in [1.54, 1.807) is 12.1 Å². The molecule has 0 atom stereocenters. The second-order valence-corrected chi connectivity index (χ2v) is 10.7. The van der Waals surface area contributed by atoms with Crippen LogP contribution in [-0.4, -0.2) is 29.9 Å². The van der Waals surface area contributed by atoms with Gasteiger partial charge in [0.15, 0.2) is 0 Å². The number of methoxy groups -OCH3 is 1. The number of carbonyl (C=O) groups excluding carboxylic acids is 1. The molecule has 0 aliphatic heterocycles. The molecule has 168 valence electrons. The van der Waals surface area contributed by atoms with E-state index in [0.29, 0.717) is 0 Å². The van der Waals surface area contributed by atoms with Crippen LogP contribution in [0.1, 0.15) is 6.92 Å². The molecular formula is C21H19ClN2O6S2. The van der Waals surface area contributed by atoms with Gasteiger partial charge in [-0.05, 0) is 30.3 Å². The Morgan fingerprint density at radius 3 is 1.75 bits per heavy atom. The number of amides is 1. The van der Waals surface area contributed by atoms with E-state index in [-0.39, 0.29) is 35.6 Å². The molecule has 0 bridgehead atoms. The second-order valence-electron chi connectivity index (χ2n) is 6.52. The zero-order valence-corrected chi connectivity index (χ0v) is 19.4. The van der Waals surface area contributed by atoms with Crippen LogP contribution in [0.4, 0.5) is 11.4 Å². The highest BCUT2D eigenvalue weighted by atomic mass is 35.5. The lowest BCUT2D eigenvalue weighted by molar-refractivity contribution is -0.114. The molecule has 32 heavy (non-hydrogen) atoms. The number of sulfonamides is 2. The van der Waals surface area contributed by atoms with E-state index < -0.39 is 26.0 Å². The summed E-state index contributed by atoms with van der Waals surface area (Å²) >= 11 is 6.35. The number of anilines is 2. The lowest BCUT2D eigenvalue weighted by atomic mass is 10.2. The molecule has 8 nitrogen and oxygen atoms in total. The maximum absolute atomic E-state index is 13.5. The van der Waals surface area contributed by atoms with E-state index in [2.05, 4.69) is 5.32 Å². The van der Waals surface area contributed by atoms with E-state index >= 15 is 0 Å². The van der Waals surface area contributed by atoms with Crippen molar-refractivity contribution in [3.05, 3.63) is 77.8 Å². The van der Waals surface area contributed by atoms with Crippen molar-refractivity contribution in [2.45, 2.75) is 16.7 Å². The van der Waals surface area contributed by atoms with Crippen LogP contribution in [-0.2, 0) is 24.8 Å². The van der Waals surface area contributed by atoms with Crippen molar-refractivity contribution in [2.75, 3.05) is 16.1 Å². The van der Waals surface area contributed by atoms with Gasteiger partial charge in [0.25, 0.3) is 20.0 Å². The molecule has 3 aromatic carbocycles. The Labute approximate surface area is 191 Å². The number of nitrogens with zero attached hydrogens (tertiary/aromatic N) is 1. The van der Waals surface area contributed by atoms with E-state index in [4.69, 9.17) is 16.3 Å². The fourth-order valence-electron chi connectivity index (χ4n) is 2.90. The molecule has 3 rings (SSSR count). The Kier molecular flexibility index (Phi) is 6.77. The van der Waals surface area contributed by atoms with Crippen LogP contribution in [0.2, 0.25) is 5.02 Å². The number of halogens is 1. The highest BCUT2D eigenvalue weighted by molar-refractivity contribution is 8.10. The quantitative estimate of drug-likeness (QED) is 0.533. The molecule has 0 spiro atoms. The Morgan fingerprint density at radius 2 is 1.34 bits per heavy atom. The van der Waals surface area contributed by atoms with Crippen LogP contribution in [0, 0.1) is 0 Å². The van der Waals surface area contributed by atoms with E-state index in [1.165, 1.54) is 68.6 Å². The Bertz CT molecular complexity index is 1280. The monoisotopic (exact) mass is 494 g/mol. The van der Waals surface area contributed by atoms with Crippen molar-refractivity contribution in [3.63, 3.8) is 0 Å². The number of nitrogens with one attached hydrogen (secondary N) is 1. The molecule has 1 amide bonds. The first kappa shape index (κ1) is 23.6. The molecule has 1 N–H and O–H groups in total. The summed E-state index contributed by atoms with van der Waals surface area (Å²) in [4.78, 5) is 11.0. The molecule has 0 aliphatic carbocycles. The molecule has 0 saturated heterocycles. The molecule has 3 aromatic rings. The predicted molar refractivity (Wildman–Crippen MR) is 122 cm³/mol. The van der Waals surface area contributed by atoms with Crippen LogP contribution in [0.5, 0.6) is 5.75 Å². The number of hydrogen-bond donors (Lipinski definition) is 1. The van der Waals surface area contributed by atoms with Gasteiger partial charge in [0.2, 0.25) is 5.91 Å². The van der Waals surface area contributed by atoms with Gasteiger partial charge >= 0.3 is 0 Å². The lowest BCUT2D eigenvalue weighted by Crippen LogP contribution is -2.37. The topological polar surface area (TPSA) is 110 Å². The van der Waals surface area contributed by atoms with Crippen molar-refractivity contribution >= 4 is 48.9 Å². The smallest absolute Gasteiger partial charge is 0.277 e. The minimum Gasteiger partial charge on any atom is -0.494 e. The number of hydrogen-bond acceptors (Lipinski definition) is 6. The molecule has 0 aliphatic rings. The van der Waals surface area contributed by atoms with Gasteiger partial charge in [0.1, 0.15) is 5.75 Å². The minimum absolute atomic E-state index is 0.0242. The van der Waals surface area contributed by atoms with Crippen molar-refractivity contribution < 1.29 is 26.4 Å². The summed E-state index contributed by atoms with van der Waals surface area (Å²) in [5.41, 5.74) is -0.201. The summed E-state index contributed by atoms with van der Waals surface area (Å²) < 4.78 is 59.7. The van der Waals surface area contributed by atoms with Gasteiger partial charge in [-0.3, -0.25) is 4.79 Å². The molecule has 0 saturated carbocycles. The zero-order chi connectivity index (χ0) is 23.5. The number of carbonyl (C=O) groups is 1. The summed E-state index contributed by atoms with van der Waals surface area (Å²) in [7, 11) is -7.96. The number of benzene rings is 3. The fraction of sp³-hybridized carbons (Fsp3) is 0.0952. The van der Waals surface area contributed by atoms with E-state index in [9.17, 15) is 21.6 Å². The normalized spacial score (nSPS) is 11.6. The molecule has 0 radical (unpaired) electrons. The maximum atomic E-state index is 13.5. The fourth-order valence-corrected chi connectivity index (χ4v) is 7.01. The molecule has 0 unspecified atom stereocenters. The third-order valence-electron chi connectivity index (χ3n) is 4.30. The Balaban J connectivity index is 2.33. The van der Waals surface area contributed by atoms with Crippen LogP contribution >= 0.6 is 11.6 Å². The number of rotatable bonds is 7. The third kappa shape index (κ3) is 4.57. The molecule has 0 aromatic heterocycles. The van der Waals surface area contributed by atoms with Gasteiger partial charge in [-0.15, -0.1) is 0 Å². The molecular weight excluding hydrogens is 476 g/mol. The molecule has 11 heteroatoms. The first-order valence-electron chi connectivity index (χ1n) is 9.15. The molecule has 0 heterocycles. The lowest BCUT2D eigenvalue weighted by Gasteiger charge is -2.26. The predicted octanol–water partition coefficient (Wildman–Crippen LogP) is 3.89. The summed E-state index contributed by atoms with van der Waals surface area (Å²) in [6.45, 7) is 1.27. The summed E-state index contributed by atoms with van der Waals surface area (Å²) in [6.07, 6.45) is 0. The van der Waals surface area contributed by atoms with Crippen molar-refractivity contribution in [2.24, 2.45) is 0 Å². The first-order valence-corrected chi connectivity index (χ1v) is 12.4. The van der Waals surface area contributed by atoms with Crippen molar-refractivity contribution in [3.8, 4) is 5.75 Å². The standard InChI is InChI=1S/C21H19ClN2O6S2/c1-15(25)23-19-13-18(22)20(14-21(19)30-2)24(31(26,27)16-9-5-3-6-10-16)32(28,29)17-11-7-4-8-12-17/h3-14H,1-2H3,(H,23,25). The Hall–Kier alpha value is -3.08. The van der Waals surface area contributed by atoms with Gasteiger partial charge in [0, 0.05) is 13.0 Å². The van der Waals surface area contributed by atoms with Crippen LogP contribution in [0.3, 0.4) is 0 Å². The van der Waals surface area contributed by atoms with Crippen molar-refractivity contribution in [1.29, 1.82) is 0 Å². The second kappa shape index (κ2) is 9.19. The minimum atomic E-state index is -4.63. The summed E-state index contributed by atoms with van der Waals surface area (Å²) in [5.74, 6) is -0.395. The molecule has 0 fully saturated rings. The van der Waals surface area contributed by atoms with Gasteiger partial charge in [0.05, 0.1) is 33.3 Å². The largest absolute Gasteiger partial charge is 0.494 e. The van der Waals surface area contributed by atoms with Crippen LogP contribution in [0.15, 0.2) is 82.6 Å². The third-order valence-corrected chi connectivity index (χ3v) is 8.78. The van der Waals surface area contributed by atoms with Crippen LogP contribution in [0.25, 0.3) is 0 Å². The van der Waals surface area contributed by atoms with E-state index in [1.807, 2.05) is 0 Å². The average molecular weight is 495 g/mol. The highest BCUT2D eigenvalue weighted by Crippen LogP contribution is 2.41. The van der Waals surface area contributed by atoms with Crippen LogP contribution < -0.4 is 13.8 Å². The SMILES string of the molecule is COc1cc(N(S(=O)(=O)c2ccccc2)S(=O)(=O)c2ccccc2)c(Cl)cc1NC(C)=O. The van der Waals surface area contributed by atoms with Crippen molar-refractivity contribution in [1.82, 2.24) is 0 Å². The Morgan fingerprint density at radius 1 is 0.875 bits per heavy atom. The van der Waals surface area contributed by atoms with Gasteiger partial charge in [-0.25, -0.2) is 16.8 Å². The highest BCUT2D eigenvalue weighted by Gasteiger charge is 2.38. The van der Waals surface area contributed by atoms with E-state index in [0.717, 1.165) is 6.07 Å². The van der Waals surface area contributed by atoms with Gasteiger partial charge in [-0.1, -0.05) is 48.0 Å².